The number of rotatable bonds is 1. The molecule has 1 atom stereocenters. The maximum atomic E-state index is 12.9. The summed E-state index contributed by atoms with van der Waals surface area (Å²) in [6.07, 6.45) is 0.937. The normalized spacial score (nSPS) is 17.1. The zero-order valence-electron chi connectivity index (χ0n) is 12.2. The van der Waals surface area contributed by atoms with E-state index in [-0.39, 0.29) is 11.9 Å². The van der Waals surface area contributed by atoms with E-state index in [0.717, 1.165) is 23.2 Å². The Bertz CT molecular complexity index is 675. The molecule has 0 bridgehead atoms. The van der Waals surface area contributed by atoms with E-state index >= 15 is 0 Å². The Morgan fingerprint density at radius 2 is 1.90 bits per heavy atom. The van der Waals surface area contributed by atoms with Crippen molar-refractivity contribution in [2.45, 2.75) is 33.2 Å². The Labute approximate surface area is 120 Å². The number of carbonyl (C=O) groups is 1. The summed E-state index contributed by atoms with van der Waals surface area (Å²) in [5.41, 5.74) is 5.36. The van der Waals surface area contributed by atoms with Crippen LogP contribution in [-0.2, 0) is 6.42 Å². The summed E-state index contributed by atoms with van der Waals surface area (Å²) >= 11 is 0. The van der Waals surface area contributed by atoms with Gasteiger partial charge in [-0.1, -0.05) is 35.9 Å². The van der Waals surface area contributed by atoms with Crippen LogP contribution in [-0.4, -0.2) is 11.9 Å². The molecule has 0 aliphatic carbocycles. The lowest BCUT2D eigenvalue weighted by molar-refractivity contribution is 0.0981. The summed E-state index contributed by atoms with van der Waals surface area (Å²) in [4.78, 5) is 14.8. The van der Waals surface area contributed by atoms with Crippen LogP contribution in [0.25, 0.3) is 0 Å². The number of fused-ring (bicyclic) bond motifs is 1. The number of aryl methyl sites for hydroxylation is 2. The minimum absolute atomic E-state index is 0.111. The van der Waals surface area contributed by atoms with Gasteiger partial charge in [-0.3, -0.25) is 4.79 Å². The van der Waals surface area contributed by atoms with E-state index in [9.17, 15) is 4.79 Å². The van der Waals surface area contributed by atoms with Gasteiger partial charge in [0, 0.05) is 17.3 Å². The zero-order chi connectivity index (χ0) is 14.3. The standard InChI is InChI=1S/C18H19NO/c1-12-8-9-16(13(2)10-12)18(20)19-14(3)11-15-6-4-5-7-17(15)19/h4-10,14H,11H2,1-3H3. The topological polar surface area (TPSA) is 20.3 Å². The lowest BCUT2D eigenvalue weighted by atomic mass is 10.0. The monoisotopic (exact) mass is 265 g/mol. The molecule has 2 heteroatoms. The van der Waals surface area contributed by atoms with Crippen LogP contribution < -0.4 is 4.90 Å². The number of anilines is 1. The van der Waals surface area contributed by atoms with E-state index in [4.69, 9.17) is 0 Å². The number of hydrogen-bond donors (Lipinski definition) is 0. The Morgan fingerprint density at radius 1 is 1.15 bits per heavy atom. The number of amides is 1. The molecular weight excluding hydrogens is 246 g/mol. The average molecular weight is 265 g/mol. The summed E-state index contributed by atoms with van der Waals surface area (Å²) < 4.78 is 0. The number of carbonyl (C=O) groups excluding carboxylic acids is 1. The summed E-state index contributed by atoms with van der Waals surface area (Å²) in [5, 5.41) is 0. The number of hydrogen-bond acceptors (Lipinski definition) is 1. The Balaban J connectivity index is 2.03. The van der Waals surface area contributed by atoms with Crippen molar-refractivity contribution in [3.63, 3.8) is 0 Å². The van der Waals surface area contributed by atoms with E-state index in [2.05, 4.69) is 26.0 Å². The smallest absolute Gasteiger partial charge is 0.258 e. The predicted molar refractivity (Wildman–Crippen MR) is 82.3 cm³/mol. The van der Waals surface area contributed by atoms with Crippen LogP contribution in [0.5, 0.6) is 0 Å². The third kappa shape index (κ3) is 2.01. The van der Waals surface area contributed by atoms with Crippen LogP contribution in [0, 0.1) is 13.8 Å². The molecule has 0 saturated carbocycles. The fraction of sp³-hybridized carbons (Fsp3) is 0.278. The van der Waals surface area contributed by atoms with Crippen molar-refractivity contribution < 1.29 is 4.79 Å². The van der Waals surface area contributed by atoms with Gasteiger partial charge in [-0.2, -0.15) is 0 Å². The van der Waals surface area contributed by atoms with Crippen molar-refractivity contribution in [2.24, 2.45) is 0 Å². The molecule has 1 amide bonds. The van der Waals surface area contributed by atoms with Crippen molar-refractivity contribution in [1.82, 2.24) is 0 Å². The average Bonchev–Trinajstić information content (AvgIpc) is 2.73. The third-order valence-electron chi connectivity index (χ3n) is 4.04. The number of para-hydroxylation sites is 1. The lowest BCUT2D eigenvalue weighted by Gasteiger charge is -2.23. The Kier molecular flexibility index (Phi) is 3.09. The van der Waals surface area contributed by atoms with E-state index in [0.29, 0.717) is 0 Å². The molecule has 0 aromatic heterocycles. The molecule has 102 valence electrons. The van der Waals surface area contributed by atoms with Crippen LogP contribution >= 0.6 is 0 Å². The first kappa shape index (κ1) is 12.9. The van der Waals surface area contributed by atoms with Gasteiger partial charge in [-0.15, -0.1) is 0 Å². The molecule has 1 aliphatic rings. The molecule has 0 radical (unpaired) electrons. The highest BCUT2D eigenvalue weighted by atomic mass is 16.2. The minimum Gasteiger partial charge on any atom is -0.305 e. The van der Waals surface area contributed by atoms with Crippen molar-refractivity contribution >= 4 is 11.6 Å². The summed E-state index contributed by atoms with van der Waals surface area (Å²) in [7, 11) is 0. The van der Waals surface area contributed by atoms with Gasteiger partial charge in [0.15, 0.2) is 0 Å². The van der Waals surface area contributed by atoms with Gasteiger partial charge in [-0.25, -0.2) is 0 Å². The molecule has 20 heavy (non-hydrogen) atoms. The fourth-order valence-corrected chi connectivity index (χ4v) is 3.06. The van der Waals surface area contributed by atoms with Crippen LogP contribution in [0.3, 0.4) is 0 Å². The molecule has 0 spiro atoms. The Hall–Kier alpha value is -2.09. The molecule has 2 aromatic rings. The number of nitrogens with zero attached hydrogens (tertiary/aromatic N) is 1. The summed E-state index contributed by atoms with van der Waals surface area (Å²) in [6, 6.07) is 14.4. The largest absolute Gasteiger partial charge is 0.305 e. The highest BCUT2D eigenvalue weighted by Gasteiger charge is 2.31. The second kappa shape index (κ2) is 4.78. The van der Waals surface area contributed by atoms with Gasteiger partial charge in [-0.05, 0) is 50.5 Å². The van der Waals surface area contributed by atoms with Gasteiger partial charge in [0.1, 0.15) is 0 Å². The van der Waals surface area contributed by atoms with E-state index in [1.807, 2.05) is 42.2 Å². The lowest BCUT2D eigenvalue weighted by Crippen LogP contribution is -2.36. The molecule has 2 nitrogen and oxygen atoms in total. The molecule has 1 unspecified atom stereocenters. The van der Waals surface area contributed by atoms with Gasteiger partial charge >= 0.3 is 0 Å². The van der Waals surface area contributed by atoms with E-state index < -0.39 is 0 Å². The first-order valence-corrected chi connectivity index (χ1v) is 7.06. The van der Waals surface area contributed by atoms with Gasteiger partial charge < -0.3 is 4.90 Å². The molecule has 1 heterocycles. The van der Waals surface area contributed by atoms with E-state index in [1.165, 1.54) is 11.1 Å². The molecular formula is C18H19NO. The highest BCUT2D eigenvalue weighted by molar-refractivity contribution is 6.08. The molecule has 0 saturated heterocycles. The van der Waals surface area contributed by atoms with Crippen molar-refractivity contribution in [3.8, 4) is 0 Å². The molecule has 0 fully saturated rings. The molecule has 0 N–H and O–H groups in total. The molecule has 2 aromatic carbocycles. The van der Waals surface area contributed by atoms with Gasteiger partial charge in [0.25, 0.3) is 5.91 Å². The Morgan fingerprint density at radius 3 is 2.65 bits per heavy atom. The summed E-state index contributed by atoms with van der Waals surface area (Å²) in [6.45, 7) is 6.17. The quantitative estimate of drug-likeness (QED) is 0.766. The van der Waals surface area contributed by atoms with Crippen LogP contribution in [0.1, 0.15) is 34.0 Å². The van der Waals surface area contributed by atoms with Crippen molar-refractivity contribution in [3.05, 3.63) is 64.7 Å². The van der Waals surface area contributed by atoms with Gasteiger partial charge in [0.05, 0.1) is 0 Å². The molecule has 3 rings (SSSR count). The second-order valence-corrected chi connectivity index (χ2v) is 5.68. The van der Waals surface area contributed by atoms with Gasteiger partial charge in [0.2, 0.25) is 0 Å². The zero-order valence-corrected chi connectivity index (χ0v) is 12.2. The van der Waals surface area contributed by atoms with Crippen LogP contribution in [0.4, 0.5) is 5.69 Å². The highest BCUT2D eigenvalue weighted by Crippen LogP contribution is 2.33. The summed E-state index contributed by atoms with van der Waals surface area (Å²) in [5.74, 6) is 0.111. The van der Waals surface area contributed by atoms with Crippen molar-refractivity contribution in [2.75, 3.05) is 4.90 Å². The van der Waals surface area contributed by atoms with Crippen LogP contribution in [0.2, 0.25) is 0 Å². The SMILES string of the molecule is Cc1ccc(C(=O)N2c3ccccc3CC2C)c(C)c1. The maximum absolute atomic E-state index is 12.9. The van der Waals surface area contributed by atoms with Crippen molar-refractivity contribution in [1.29, 1.82) is 0 Å². The third-order valence-corrected chi connectivity index (χ3v) is 4.04. The maximum Gasteiger partial charge on any atom is 0.258 e. The fourth-order valence-electron chi connectivity index (χ4n) is 3.06. The number of benzene rings is 2. The molecule has 1 aliphatic heterocycles. The van der Waals surface area contributed by atoms with E-state index in [1.54, 1.807) is 0 Å². The second-order valence-electron chi connectivity index (χ2n) is 5.68. The first-order chi connectivity index (χ1) is 9.58. The van der Waals surface area contributed by atoms with Crippen LogP contribution in [0.15, 0.2) is 42.5 Å². The predicted octanol–water partition coefficient (Wildman–Crippen LogP) is 3.89. The minimum atomic E-state index is 0.111. The first-order valence-electron chi connectivity index (χ1n) is 7.06.